The number of rotatable bonds is 3. The van der Waals surface area contributed by atoms with Gasteiger partial charge in [-0.1, -0.05) is 11.8 Å². The quantitative estimate of drug-likeness (QED) is 0.944. The Morgan fingerprint density at radius 2 is 2.18 bits per heavy atom. The van der Waals surface area contributed by atoms with Crippen LogP contribution in [0.1, 0.15) is 10.4 Å². The molecule has 17 heavy (non-hydrogen) atoms. The SMILES string of the molecule is O=C(O)c1cc(Sc2cccnn2)ccc1Br. The molecule has 1 N–H and O–H groups in total. The first-order chi connectivity index (χ1) is 8.16. The van der Waals surface area contributed by atoms with Crippen LogP contribution in [0.2, 0.25) is 0 Å². The Bertz CT molecular complexity index is 548. The summed E-state index contributed by atoms with van der Waals surface area (Å²) in [5.74, 6) is -0.960. The van der Waals surface area contributed by atoms with Crippen molar-refractivity contribution in [3.05, 3.63) is 46.6 Å². The zero-order chi connectivity index (χ0) is 12.3. The predicted octanol–water partition coefficient (Wildman–Crippen LogP) is 3.09. The van der Waals surface area contributed by atoms with Crippen LogP contribution in [-0.2, 0) is 0 Å². The van der Waals surface area contributed by atoms with E-state index >= 15 is 0 Å². The van der Waals surface area contributed by atoms with Gasteiger partial charge in [0.15, 0.2) is 0 Å². The van der Waals surface area contributed by atoms with Crippen LogP contribution in [0.5, 0.6) is 0 Å². The fourth-order valence-electron chi connectivity index (χ4n) is 1.19. The van der Waals surface area contributed by atoms with Gasteiger partial charge in [-0.15, -0.1) is 5.10 Å². The number of benzene rings is 1. The maximum Gasteiger partial charge on any atom is 0.336 e. The maximum atomic E-state index is 11.0. The van der Waals surface area contributed by atoms with Crippen LogP contribution in [0.25, 0.3) is 0 Å². The second-order valence-electron chi connectivity index (χ2n) is 3.11. The van der Waals surface area contributed by atoms with Crippen molar-refractivity contribution in [3.8, 4) is 0 Å². The van der Waals surface area contributed by atoms with E-state index in [0.29, 0.717) is 4.47 Å². The number of nitrogens with zero attached hydrogens (tertiary/aromatic N) is 2. The summed E-state index contributed by atoms with van der Waals surface area (Å²) >= 11 is 4.57. The smallest absolute Gasteiger partial charge is 0.336 e. The van der Waals surface area contributed by atoms with Gasteiger partial charge in [-0.05, 0) is 46.3 Å². The number of aromatic nitrogens is 2. The molecule has 0 fully saturated rings. The van der Waals surface area contributed by atoms with Crippen LogP contribution < -0.4 is 0 Å². The van der Waals surface area contributed by atoms with Crippen molar-refractivity contribution in [1.29, 1.82) is 0 Å². The monoisotopic (exact) mass is 310 g/mol. The number of carboxylic acids is 1. The highest BCUT2D eigenvalue weighted by molar-refractivity contribution is 9.10. The van der Waals surface area contributed by atoms with Gasteiger partial charge in [0, 0.05) is 15.6 Å². The van der Waals surface area contributed by atoms with E-state index in [2.05, 4.69) is 26.1 Å². The molecule has 86 valence electrons. The van der Waals surface area contributed by atoms with Crippen LogP contribution in [0.4, 0.5) is 0 Å². The molecule has 0 saturated carbocycles. The van der Waals surface area contributed by atoms with E-state index in [1.54, 1.807) is 24.4 Å². The molecule has 1 aromatic heterocycles. The van der Waals surface area contributed by atoms with Crippen molar-refractivity contribution >= 4 is 33.7 Å². The third-order valence-electron chi connectivity index (χ3n) is 1.94. The third-order valence-corrected chi connectivity index (χ3v) is 3.55. The fraction of sp³-hybridized carbons (Fsp3) is 0. The van der Waals surface area contributed by atoms with Crippen LogP contribution in [0.3, 0.4) is 0 Å². The molecule has 0 unspecified atom stereocenters. The molecule has 2 aromatic rings. The first kappa shape index (κ1) is 12.1. The summed E-state index contributed by atoms with van der Waals surface area (Å²) in [4.78, 5) is 11.8. The average Bonchev–Trinajstić information content (AvgIpc) is 2.32. The van der Waals surface area contributed by atoms with Crippen molar-refractivity contribution < 1.29 is 9.90 Å². The molecule has 0 radical (unpaired) electrons. The van der Waals surface area contributed by atoms with Crippen molar-refractivity contribution in [1.82, 2.24) is 10.2 Å². The van der Waals surface area contributed by atoms with Crippen LogP contribution in [0.15, 0.2) is 50.9 Å². The number of carbonyl (C=O) groups is 1. The molecule has 6 heteroatoms. The van der Waals surface area contributed by atoms with Gasteiger partial charge in [-0.3, -0.25) is 0 Å². The van der Waals surface area contributed by atoms with Crippen LogP contribution >= 0.6 is 27.7 Å². The largest absolute Gasteiger partial charge is 0.478 e. The first-order valence-electron chi connectivity index (χ1n) is 4.65. The summed E-state index contributed by atoms with van der Waals surface area (Å²) in [5.41, 5.74) is 0.235. The Kier molecular flexibility index (Phi) is 3.75. The van der Waals surface area contributed by atoms with Crippen molar-refractivity contribution in [2.24, 2.45) is 0 Å². The number of aromatic carboxylic acids is 1. The number of halogens is 1. The molecule has 0 aliphatic heterocycles. The number of carboxylic acid groups (broad SMARTS) is 1. The minimum Gasteiger partial charge on any atom is -0.478 e. The van der Waals surface area contributed by atoms with Gasteiger partial charge in [0.2, 0.25) is 0 Å². The Hall–Kier alpha value is -1.40. The fourth-order valence-corrected chi connectivity index (χ4v) is 2.40. The molecule has 0 bridgehead atoms. The van der Waals surface area contributed by atoms with Crippen LogP contribution in [0, 0.1) is 0 Å². The molecule has 0 atom stereocenters. The topological polar surface area (TPSA) is 63.1 Å². The Morgan fingerprint density at radius 3 is 2.82 bits per heavy atom. The maximum absolute atomic E-state index is 11.0. The van der Waals surface area contributed by atoms with Gasteiger partial charge in [0.05, 0.1) is 5.56 Å². The highest BCUT2D eigenvalue weighted by atomic mass is 79.9. The molecule has 0 aliphatic carbocycles. The summed E-state index contributed by atoms with van der Waals surface area (Å²) in [7, 11) is 0. The summed E-state index contributed by atoms with van der Waals surface area (Å²) in [6.45, 7) is 0. The predicted molar refractivity (Wildman–Crippen MR) is 67.3 cm³/mol. The van der Waals surface area contributed by atoms with Gasteiger partial charge in [0.25, 0.3) is 0 Å². The van der Waals surface area contributed by atoms with E-state index in [4.69, 9.17) is 5.11 Å². The van der Waals surface area contributed by atoms with E-state index in [0.717, 1.165) is 9.92 Å². The summed E-state index contributed by atoms with van der Waals surface area (Å²) in [6, 6.07) is 8.75. The molecule has 0 amide bonds. The molecule has 1 heterocycles. The lowest BCUT2D eigenvalue weighted by atomic mass is 10.2. The zero-order valence-electron chi connectivity index (χ0n) is 8.50. The Balaban J connectivity index is 2.29. The molecular formula is C11H7BrN2O2S. The molecule has 0 saturated heterocycles. The van der Waals surface area contributed by atoms with Crippen molar-refractivity contribution in [3.63, 3.8) is 0 Å². The van der Waals surface area contributed by atoms with Gasteiger partial charge in [-0.25, -0.2) is 4.79 Å². The Morgan fingerprint density at radius 1 is 1.35 bits per heavy atom. The first-order valence-corrected chi connectivity index (χ1v) is 6.26. The average molecular weight is 311 g/mol. The second-order valence-corrected chi connectivity index (χ2v) is 5.06. The number of hydrogen-bond acceptors (Lipinski definition) is 4. The van der Waals surface area contributed by atoms with E-state index in [-0.39, 0.29) is 5.56 Å². The molecule has 0 spiro atoms. The normalized spacial score (nSPS) is 10.2. The van der Waals surface area contributed by atoms with E-state index < -0.39 is 5.97 Å². The van der Waals surface area contributed by atoms with Gasteiger partial charge in [-0.2, -0.15) is 5.10 Å². The number of hydrogen-bond donors (Lipinski definition) is 1. The molecule has 1 aromatic carbocycles. The van der Waals surface area contributed by atoms with E-state index in [1.165, 1.54) is 11.8 Å². The zero-order valence-corrected chi connectivity index (χ0v) is 10.9. The minimum absolute atomic E-state index is 0.235. The Labute approximate surface area is 110 Å². The lowest BCUT2D eigenvalue weighted by Crippen LogP contribution is -1.97. The van der Waals surface area contributed by atoms with Crippen LogP contribution in [-0.4, -0.2) is 21.3 Å². The third kappa shape index (κ3) is 3.04. The summed E-state index contributed by atoms with van der Waals surface area (Å²) in [6.07, 6.45) is 1.59. The van der Waals surface area contributed by atoms with E-state index in [9.17, 15) is 4.79 Å². The molecule has 4 nitrogen and oxygen atoms in total. The van der Waals surface area contributed by atoms with Gasteiger partial charge < -0.3 is 5.11 Å². The molecule has 2 rings (SSSR count). The van der Waals surface area contributed by atoms with Gasteiger partial charge in [0.1, 0.15) is 5.03 Å². The standard InChI is InChI=1S/C11H7BrN2O2S/c12-9-4-3-7(6-8(9)11(15)16)17-10-2-1-5-13-14-10/h1-6H,(H,15,16). The van der Waals surface area contributed by atoms with Crippen molar-refractivity contribution in [2.45, 2.75) is 9.92 Å². The summed E-state index contributed by atoms with van der Waals surface area (Å²) < 4.78 is 0.563. The highest BCUT2D eigenvalue weighted by Gasteiger charge is 2.09. The minimum atomic E-state index is -0.960. The van der Waals surface area contributed by atoms with Crippen molar-refractivity contribution in [2.75, 3.05) is 0 Å². The molecular weight excluding hydrogens is 304 g/mol. The van der Waals surface area contributed by atoms with E-state index in [1.807, 2.05) is 12.1 Å². The highest BCUT2D eigenvalue weighted by Crippen LogP contribution is 2.29. The molecule has 0 aliphatic rings. The summed E-state index contributed by atoms with van der Waals surface area (Å²) in [5, 5.41) is 17.4. The van der Waals surface area contributed by atoms with Gasteiger partial charge >= 0.3 is 5.97 Å². The second kappa shape index (κ2) is 5.29. The lowest BCUT2D eigenvalue weighted by molar-refractivity contribution is 0.0695. The lowest BCUT2D eigenvalue weighted by Gasteiger charge is -2.03.